The van der Waals surface area contributed by atoms with Gasteiger partial charge < -0.3 is 15.3 Å². The third kappa shape index (κ3) is 4.63. The summed E-state index contributed by atoms with van der Waals surface area (Å²) < 4.78 is 1.13. The molecule has 1 unspecified atom stereocenters. The van der Waals surface area contributed by atoms with Gasteiger partial charge in [-0.1, -0.05) is 12.1 Å². The maximum Gasteiger partial charge on any atom is 0.244 e. The molecule has 128 valence electrons. The summed E-state index contributed by atoms with van der Waals surface area (Å²) in [6, 6.07) is 7.96. The molecule has 2 heterocycles. The molecule has 1 aliphatic heterocycles. The number of thiazole rings is 1. The molecule has 0 bridgehead atoms. The van der Waals surface area contributed by atoms with Gasteiger partial charge in [-0.15, -0.1) is 11.3 Å². The number of hydrogen-bond acceptors (Lipinski definition) is 5. The number of nitrogens with zero attached hydrogens (tertiary/aromatic N) is 2. The number of amides is 1. The Morgan fingerprint density at radius 2 is 2.33 bits per heavy atom. The standard InChI is InChI=1S/C18H23N3O2S/c22-13-14-4-3-10-21(12-14)11-9-19-17(23)7-8-18-20-15-5-1-2-6-16(15)24-18/h1-2,5-8,14,22H,3-4,9-13H2,(H,19,23). The minimum atomic E-state index is -0.0926. The van der Waals surface area contributed by atoms with Crippen LogP contribution in [-0.4, -0.2) is 53.7 Å². The van der Waals surface area contributed by atoms with Crippen molar-refractivity contribution in [1.82, 2.24) is 15.2 Å². The van der Waals surface area contributed by atoms with Gasteiger partial charge in [-0.2, -0.15) is 0 Å². The molecule has 0 aliphatic carbocycles. The highest BCUT2D eigenvalue weighted by atomic mass is 32.1. The van der Waals surface area contributed by atoms with E-state index < -0.39 is 0 Å². The van der Waals surface area contributed by atoms with Crippen LogP contribution in [0.15, 0.2) is 30.3 Å². The summed E-state index contributed by atoms with van der Waals surface area (Å²) in [5.74, 6) is 0.290. The van der Waals surface area contributed by atoms with Gasteiger partial charge in [0.25, 0.3) is 0 Å². The third-order valence-electron chi connectivity index (χ3n) is 4.28. The third-order valence-corrected chi connectivity index (χ3v) is 5.28. The number of benzene rings is 1. The van der Waals surface area contributed by atoms with Gasteiger partial charge in [0, 0.05) is 32.3 Å². The van der Waals surface area contributed by atoms with Crippen molar-refractivity contribution in [3.63, 3.8) is 0 Å². The van der Waals surface area contributed by atoms with Crippen LogP contribution in [0.25, 0.3) is 16.3 Å². The fraction of sp³-hybridized carbons (Fsp3) is 0.444. The van der Waals surface area contributed by atoms with E-state index in [1.54, 1.807) is 23.5 Å². The molecule has 2 aromatic rings. The highest BCUT2D eigenvalue weighted by Gasteiger charge is 2.18. The molecule has 3 rings (SSSR count). The Morgan fingerprint density at radius 1 is 1.46 bits per heavy atom. The molecule has 1 amide bonds. The van der Waals surface area contributed by atoms with Crippen LogP contribution in [0.4, 0.5) is 0 Å². The van der Waals surface area contributed by atoms with E-state index in [2.05, 4.69) is 15.2 Å². The minimum absolute atomic E-state index is 0.0926. The maximum atomic E-state index is 11.9. The first-order valence-corrected chi connectivity index (χ1v) is 9.21. The number of aliphatic hydroxyl groups is 1. The molecule has 0 radical (unpaired) electrons. The number of aromatic nitrogens is 1. The van der Waals surface area contributed by atoms with E-state index in [-0.39, 0.29) is 12.5 Å². The molecule has 1 saturated heterocycles. The lowest BCUT2D eigenvalue weighted by molar-refractivity contribution is -0.116. The van der Waals surface area contributed by atoms with E-state index in [0.29, 0.717) is 12.5 Å². The number of fused-ring (bicyclic) bond motifs is 1. The molecular weight excluding hydrogens is 322 g/mol. The lowest BCUT2D eigenvalue weighted by atomic mass is 9.99. The lowest BCUT2D eigenvalue weighted by Gasteiger charge is -2.31. The summed E-state index contributed by atoms with van der Waals surface area (Å²) >= 11 is 1.58. The van der Waals surface area contributed by atoms with Crippen LogP contribution in [-0.2, 0) is 4.79 Å². The maximum absolute atomic E-state index is 11.9. The molecule has 24 heavy (non-hydrogen) atoms. The molecule has 1 aliphatic rings. The van der Waals surface area contributed by atoms with Crippen molar-refractivity contribution in [1.29, 1.82) is 0 Å². The fourth-order valence-corrected chi connectivity index (χ4v) is 3.88. The van der Waals surface area contributed by atoms with E-state index in [0.717, 1.165) is 47.7 Å². The Labute approximate surface area is 146 Å². The number of para-hydroxylation sites is 1. The molecule has 0 spiro atoms. The first-order chi connectivity index (χ1) is 11.7. The number of carbonyl (C=O) groups excluding carboxylic acids is 1. The molecule has 5 nitrogen and oxygen atoms in total. The second-order valence-corrected chi connectivity index (χ2v) is 7.20. The van der Waals surface area contributed by atoms with E-state index in [1.165, 1.54) is 0 Å². The molecule has 1 aromatic carbocycles. The molecule has 1 fully saturated rings. The number of hydrogen-bond donors (Lipinski definition) is 2. The van der Waals surface area contributed by atoms with E-state index in [1.807, 2.05) is 24.3 Å². The summed E-state index contributed by atoms with van der Waals surface area (Å²) in [5.41, 5.74) is 0.964. The van der Waals surface area contributed by atoms with E-state index in [9.17, 15) is 9.90 Å². The number of carbonyl (C=O) groups is 1. The van der Waals surface area contributed by atoms with Gasteiger partial charge in [0.1, 0.15) is 5.01 Å². The van der Waals surface area contributed by atoms with E-state index >= 15 is 0 Å². The Hall–Kier alpha value is -1.76. The van der Waals surface area contributed by atoms with Crippen LogP contribution >= 0.6 is 11.3 Å². The Morgan fingerprint density at radius 3 is 3.17 bits per heavy atom. The van der Waals surface area contributed by atoms with Crippen molar-refractivity contribution >= 4 is 33.5 Å². The number of aliphatic hydroxyl groups excluding tert-OH is 1. The normalized spacial score (nSPS) is 19.1. The Balaban J connectivity index is 1.43. The SMILES string of the molecule is O=C(C=Cc1nc2ccccc2s1)NCCN1CCCC(CO)C1. The summed E-state index contributed by atoms with van der Waals surface area (Å²) in [5, 5.41) is 13.0. The monoisotopic (exact) mass is 345 g/mol. The van der Waals surface area contributed by atoms with Gasteiger partial charge in [0.15, 0.2) is 0 Å². The highest BCUT2D eigenvalue weighted by Crippen LogP contribution is 2.22. The molecule has 6 heteroatoms. The molecule has 1 atom stereocenters. The second kappa shape index (κ2) is 8.37. The van der Waals surface area contributed by atoms with Gasteiger partial charge in [0.05, 0.1) is 10.2 Å². The average Bonchev–Trinajstić information content (AvgIpc) is 3.03. The number of rotatable bonds is 6. The summed E-state index contributed by atoms with van der Waals surface area (Å²) in [6.45, 7) is 3.69. The van der Waals surface area contributed by atoms with Gasteiger partial charge >= 0.3 is 0 Å². The second-order valence-electron chi connectivity index (χ2n) is 6.14. The van der Waals surface area contributed by atoms with Gasteiger partial charge in [-0.05, 0) is 43.5 Å². The topological polar surface area (TPSA) is 65.5 Å². The van der Waals surface area contributed by atoms with Crippen LogP contribution in [0.3, 0.4) is 0 Å². The average molecular weight is 345 g/mol. The first-order valence-electron chi connectivity index (χ1n) is 8.39. The van der Waals surface area contributed by atoms with Crippen LogP contribution in [0.2, 0.25) is 0 Å². The predicted molar refractivity (Wildman–Crippen MR) is 97.9 cm³/mol. The minimum Gasteiger partial charge on any atom is -0.396 e. The highest BCUT2D eigenvalue weighted by molar-refractivity contribution is 7.19. The van der Waals surface area contributed by atoms with Gasteiger partial charge in [-0.3, -0.25) is 4.79 Å². The van der Waals surface area contributed by atoms with Crippen molar-refractivity contribution in [2.24, 2.45) is 5.92 Å². The van der Waals surface area contributed by atoms with Crippen molar-refractivity contribution in [2.75, 3.05) is 32.8 Å². The predicted octanol–water partition coefficient (Wildman–Crippen LogP) is 2.13. The Kier molecular flexibility index (Phi) is 5.96. The molecule has 2 N–H and O–H groups in total. The molecule has 0 saturated carbocycles. The lowest BCUT2D eigenvalue weighted by Crippen LogP contribution is -2.41. The molecular formula is C18H23N3O2S. The van der Waals surface area contributed by atoms with Crippen molar-refractivity contribution in [2.45, 2.75) is 12.8 Å². The zero-order valence-electron chi connectivity index (χ0n) is 13.6. The zero-order chi connectivity index (χ0) is 16.8. The number of likely N-dealkylation sites (tertiary alicyclic amines) is 1. The van der Waals surface area contributed by atoms with Crippen molar-refractivity contribution < 1.29 is 9.90 Å². The summed E-state index contributed by atoms with van der Waals surface area (Å²) in [6.07, 6.45) is 5.54. The quantitative estimate of drug-likeness (QED) is 0.787. The van der Waals surface area contributed by atoms with Gasteiger partial charge in [0.2, 0.25) is 5.91 Å². The van der Waals surface area contributed by atoms with E-state index in [4.69, 9.17) is 0 Å². The van der Waals surface area contributed by atoms with Crippen LogP contribution in [0.1, 0.15) is 17.8 Å². The fourth-order valence-electron chi connectivity index (χ4n) is 3.01. The summed E-state index contributed by atoms with van der Waals surface area (Å²) in [4.78, 5) is 18.7. The van der Waals surface area contributed by atoms with Crippen LogP contribution < -0.4 is 5.32 Å². The van der Waals surface area contributed by atoms with Crippen LogP contribution in [0.5, 0.6) is 0 Å². The van der Waals surface area contributed by atoms with Crippen molar-refractivity contribution in [3.05, 3.63) is 35.3 Å². The number of piperidine rings is 1. The molecule has 1 aromatic heterocycles. The largest absolute Gasteiger partial charge is 0.396 e. The van der Waals surface area contributed by atoms with Crippen LogP contribution in [0, 0.1) is 5.92 Å². The smallest absolute Gasteiger partial charge is 0.244 e. The van der Waals surface area contributed by atoms with Gasteiger partial charge in [-0.25, -0.2) is 4.98 Å². The number of nitrogens with one attached hydrogen (secondary N) is 1. The van der Waals surface area contributed by atoms with Crippen molar-refractivity contribution in [3.8, 4) is 0 Å². The summed E-state index contributed by atoms with van der Waals surface area (Å²) in [7, 11) is 0. The Bertz CT molecular complexity index is 680. The first kappa shape index (κ1) is 17.1. The zero-order valence-corrected chi connectivity index (χ0v) is 14.5.